The Kier molecular flexibility index (Phi) is 13.2. The third-order valence-electron chi connectivity index (χ3n) is 12.2. The molecule has 1 fully saturated rings. The van der Waals surface area contributed by atoms with Gasteiger partial charge in [-0.2, -0.15) is 0 Å². The van der Waals surface area contributed by atoms with E-state index in [-0.39, 0.29) is 20.1 Å². The summed E-state index contributed by atoms with van der Waals surface area (Å²) in [6, 6.07) is 43.2. The fourth-order valence-electron chi connectivity index (χ4n) is 9.02. The largest absolute Gasteiger partial charge is 0.501 e. The molecule has 8 aromatic rings. The number of pyridine rings is 1. The molecule has 0 unspecified atom stereocenters. The van der Waals surface area contributed by atoms with Crippen LogP contribution < -0.4 is 5.19 Å². The Bertz CT molecular complexity index is 2700. The number of aromatic nitrogens is 3. The molecule has 1 aliphatic rings. The Morgan fingerprint density at radius 1 is 0.767 bits per heavy atom. The van der Waals surface area contributed by atoms with E-state index in [2.05, 4.69) is 163 Å². The van der Waals surface area contributed by atoms with Crippen LogP contribution in [-0.4, -0.2) is 22.6 Å². The number of rotatable bonds is 9. The van der Waals surface area contributed by atoms with Gasteiger partial charge in [-0.1, -0.05) is 164 Å². The normalized spacial score (nSPS) is 13.5. The SMILES string of the molecule is CC(C)c1c[c-]c(-c2cc(CC3CCCC3)c([Si](C)(C)C)cn2)cc1.CC(C)c1cccc(C(C)C)c1-n1c(-c2[c-]ccc3c2oc2ccccc23)nc2ccccc21.[Ir]. The average molecular weight is 986 g/mol. The van der Waals surface area contributed by atoms with Crippen LogP contribution in [0, 0.1) is 18.1 Å². The molecule has 6 heteroatoms. The van der Waals surface area contributed by atoms with E-state index in [1.807, 2.05) is 24.3 Å². The smallest absolute Gasteiger partial charge is 0.120 e. The van der Waals surface area contributed by atoms with Crippen molar-refractivity contribution in [2.45, 2.75) is 111 Å². The van der Waals surface area contributed by atoms with Crippen molar-refractivity contribution in [3.8, 4) is 28.3 Å². The van der Waals surface area contributed by atoms with E-state index in [1.54, 1.807) is 10.8 Å². The Hall–Kier alpha value is -4.61. The number of nitrogens with zero attached hydrogens (tertiary/aromatic N) is 3. The average Bonchev–Trinajstić information content (AvgIpc) is 3.98. The van der Waals surface area contributed by atoms with Gasteiger partial charge in [0, 0.05) is 37.4 Å². The van der Waals surface area contributed by atoms with E-state index in [9.17, 15) is 0 Å². The second kappa shape index (κ2) is 18.2. The van der Waals surface area contributed by atoms with E-state index in [4.69, 9.17) is 14.4 Å². The predicted molar refractivity (Wildman–Crippen MR) is 252 cm³/mol. The predicted octanol–water partition coefficient (Wildman–Crippen LogP) is 14.6. The second-order valence-electron chi connectivity index (χ2n) is 18.6. The summed E-state index contributed by atoms with van der Waals surface area (Å²) in [6.45, 7) is 20.8. The zero-order chi connectivity index (χ0) is 41.4. The van der Waals surface area contributed by atoms with Crippen LogP contribution in [0.2, 0.25) is 19.6 Å². The van der Waals surface area contributed by atoms with Gasteiger partial charge in [0.15, 0.2) is 0 Å². The van der Waals surface area contributed by atoms with Crippen LogP contribution in [0.3, 0.4) is 0 Å². The van der Waals surface area contributed by atoms with Gasteiger partial charge in [-0.25, -0.2) is 0 Å². The molecule has 3 aromatic heterocycles. The molecule has 3 heterocycles. The Balaban J connectivity index is 0.000000187. The van der Waals surface area contributed by atoms with Crippen molar-refractivity contribution >= 4 is 46.2 Å². The van der Waals surface area contributed by atoms with E-state index >= 15 is 0 Å². The number of benzene rings is 5. The molecule has 0 atom stereocenters. The molecule has 0 saturated heterocycles. The van der Waals surface area contributed by atoms with Gasteiger partial charge in [0.25, 0.3) is 0 Å². The molecular weight excluding hydrogens is 927 g/mol. The van der Waals surface area contributed by atoms with Crippen molar-refractivity contribution < 1.29 is 24.5 Å². The number of furan rings is 1. The van der Waals surface area contributed by atoms with Gasteiger partial charge in [0.2, 0.25) is 0 Å². The van der Waals surface area contributed by atoms with Gasteiger partial charge in [0.05, 0.1) is 30.5 Å². The summed E-state index contributed by atoms with van der Waals surface area (Å²) >= 11 is 0. The molecule has 5 aromatic carbocycles. The van der Waals surface area contributed by atoms with Gasteiger partial charge < -0.3 is 14.0 Å². The maximum atomic E-state index is 6.40. The number of imidazole rings is 1. The second-order valence-corrected chi connectivity index (χ2v) is 23.6. The molecule has 60 heavy (non-hydrogen) atoms. The first-order valence-corrected chi connectivity index (χ1v) is 25.3. The number of fused-ring (bicyclic) bond motifs is 4. The topological polar surface area (TPSA) is 43.9 Å². The monoisotopic (exact) mass is 986 g/mol. The Morgan fingerprint density at radius 3 is 2.13 bits per heavy atom. The summed E-state index contributed by atoms with van der Waals surface area (Å²) in [4.78, 5) is 9.98. The van der Waals surface area contributed by atoms with Crippen LogP contribution in [0.1, 0.15) is 107 Å². The minimum absolute atomic E-state index is 0. The molecule has 0 amide bonds. The number of hydrogen-bond donors (Lipinski definition) is 0. The summed E-state index contributed by atoms with van der Waals surface area (Å²) < 4.78 is 8.73. The van der Waals surface area contributed by atoms with Crippen molar-refractivity contribution in [2.75, 3.05) is 0 Å². The van der Waals surface area contributed by atoms with Crippen LogP contribution >= 0.6 is 0 Å². The molecule has 311 valence electrons. The molecule has 1 saturated carbocycles. The summed E-state index contributed by atoms with van der Waals surface area (Å²) in [5.41, 5.74) is 13.6. The fourth-order valence-corrected chi connectivity index (χ4v) is 10.6. The standard InChI is InChI=1S/C31H27N2O.C23H32NSi.Ir/c1-19(2)21-12-9-13-22(20(3)4)29(21)33-27-17-7-6-16-26(27)32-31(33)25-15-10-14-24-23-11-5-8-18-28(23)34-30(24)25;1-17(2)19-10-12-20(13-11-19)22-15-21(14-18-8-6-7-9-18)23(16-24-22)25(3,4)5;/h5-14,16-20H,1-4H3;10-12,15-18H,6-9,14H2,1-5H3;/q2*-1;. The Morgan fingerprint density at radius 2 is 1.47 bits per heavy atom. The maximum absolute atomic E-state index is 6.40. The first-order valence-electron chi connectivity index (χ1n) is 21.8. The zero-order valence-corrected chi connectivity index (χ0v) is 40.2. The van der Waals surface area contributed by atoms with Crippen molar-refractivity contribution in [1.82, 2.24) is 14.5 Å². The summed E-state index contributed by atoms with van der Waals surface area (Å²) in [7, 11) is -1.37. The third-order valence-corrected chi connectivity index (χ3v) is 14.3. The van der Waals surface area contributed by atoms with Crippen molar-refractivity contribution in [2.24, 2.45) is 5.92 Å². The minimum atomic E-state index is -1.37. The van der Waals surface area contributed by atoms with Crippen LogP contribution in [0.5, 0.6) is 0 Å². The van der Waals surface area contributed by atoms with E-state index in [1.165, 1.54) is 54.5 Å². The van der Waals surface area contributed by atoms with Crippen molar-refractivity contribution in [3.05, 3.63) is 144 Å². The molecule has 9 rings (SSSR count). The van der Waals surface area contributed by atoms with Crippen LogP contribution in [0.4, 0.5) is 0 Å². The first-order chi connectivity index (χ1) is 28.4. The van der Waals surface area contributed by atoms with Gasteiger partial charge >= 0.3 is 0 Å². The molecule has 0 aliphatic heterocycles. The van der Waals surface area contributed by atoms with Crippen LogP contribution in [-0.2, 0) is 26.5 Å². The van der Waals surface area contributed by atoms with Gasteiger partial charge in [-0.05, 0) is 64.4 Å². The fraction of sp³-hybridized carbons (Fsp3) is 0.333. The maximum Gasteiger partial charge on any atom is 0.120 e. The molecule has 1 radical (unpaired) electrons. The zero-order valence-electron chi connectivity index (χ0n) is 36.8. The summed E-state index contributed by atoms with van der Waals surface area (Å²) in [5, 5.41) is 3.74. The van der Waals surface area contributed by atoms with Gasteiger partial charge in [-0.3, -0.25) is 4.98 Å². The molecule has 0 N–H and O–H groups in total. The van der Waals surface area contributed by atoms with Crippen LogP contribution in [0.15, 0.2) is 114 Å². The Labute approximate surface area is 372 Å². The molecule has 4 nitrogen and oxygen atoms in total. The molecule has 1 aliphatic carbocycles. The number of para-hydroxylation sites is 4. The summed E-state index contributed by atoms with van der Waals surface area (Å²) in [6.07, 6.45) is 9.04. The number of hydrogen-bond acceptors (Lipinski definition) is 3. The van der Waals surface area contributed by atoms with Gasteiger partial charge in [-0.15, -0.1) is 53.6 Å². The van der Waals surface area contributed by atoms with E-state index in [0.29, 0.717) is 17.8 Å². The van der Waals surface area contributed by atoms with Gasteiger partial charge in [0.1, 0.15) is 5.58 Å². The molecule has 0 bridgehead atoms. The van der Waals surface area contributed by atoms with E-state index in [0.717, 1.165) is 61.5 Å². The first kappa shape index (κ1) is 43.5. The quantitative estimate of drug-likeness (QED) is 0.107. The van der Waals surface area contributed by atoms with Crippen LogP contribution in [0.25, 0.3) is 61.3 Å². The van der Waals surface area contributed by atoms with Crippen molar-refractivity contribution in [3.63, 3.8) is 0 Å². The summed E-state index contributed by atoms with van der Waals surface area (Å²) in [5.74, 6) is 3.02. The third kappa shape index (κ3) is 8.75. The van der Waals surface area contributed by atoms with E-state index < -0.39 is 8.07 Å². The molecular formula is C54H59IrN3OSi-2. The van der Waals surface area contributed by atoms with Crippen molar-refractivity contribution in [1.29, 1.82) is 0 Å². The minimum Gasteiger partial charge on any atom is -0.501 e. The molecule has 0 spiro atoms.